The van der Waals surface area contributed by atoms with Gasteiger partial charge in [0.15, 0.2) is 5.82 Å². The molecule has 0 atom stereocenters. The zero-order valence-corrected chi connectivity index (χ0v) is 20.6. The number of piperazine rings is 1. The molecular formula is C27H27BN6O3. The van der Waals surface area contributed by atoms with E-state index in [0.717, 1.165) is 43.2 Å². The molecule has 37 heavy (non-hydrogen) atoms. The fourth-order valence-electron chi connectivity index (χ4n) is 4.17. The molecule has 1 amide bonds. The van der Waals surface area contributed by atoms with Gasteiger partial charge in [0.25, 0.3) is 5.91 Å². The Labute approximate surface area is 216 Å². The van der Waals surface area contributed by atoms with Gasteiger partial charge in [-0.15, -0.1) is 0 Å². The number of ether oxygens (including phenoxy) is 1. The van der Waals surface area contributed by atoms with Crippen molar-refractivity contribution in [3.05, 3.63) is 91.0 Å². The van der Waals surface area contributed by atoms with Gasteiger partial charge in [-0.2, -0.15) is 0 Å². The molecule has 0 spiro atoms. The van der Waals surface area contributed by atoms with Gasteiger partial charge in [-0.3, -0.25) is 9.78 Å². The summed E-state index contributed by atoms with van der Waals surface area (Å²) in [7, 11) is 2.32. The number of rotatable bonds is 8. The largest absolute Gasteiger partial charge is 0.457 e. The topological polar surface area (TPSA) is 92.7 Å². The summed E-state index contributed by atoms with van der Waals surface area (Å²) < 4.78 is 11.1. The maximum atomic E-state index is 13.1. The molecule has 1 saturated heterocycles. The summed E-state index contributed by atoms with van der Waals surface area (Å²) in [6, 6.07) is 20.6. The molecule has 1 fully saturated rings. The molecular weight excluding hydrogens is 467 g/mol. The van der Waals surface area contributed by atoms with Crippen LogP contribution in [-0.2, 0) is 4.65 Å². The lowest BCUT2D eigenvalue weighted by Crippen LogP contribution is -2.48. The molecule has 0 saturated carbocycles. The van der Waals surface area contributed by atoms with Crippen molar-refractivity contribution in [2.75, 3.05) is 43.5 Å². The van der Waals surface area contributed by atoms with Crippen molar-refractivity contribution < 1.29 is 14.2 Å². The number of benzene rings is 2. The first-order valence-corrected chi connectivity index (χ1v) is 12.1. The molecule has 3 heterocycles. The third-order valence-corrected chi connectivity index (χ3v) is 6.05. The minimum absolute atomic E-state index is 0.273. The average Bonchev–Trinajstić information content (AvgIpc) is 2.95. The van der Waals surface area contributed by atoms with Crippen LogP contribution in [0.1, 0.15) is 10.5 Å². The fourth-order valence-corrected chi connectivity index (χ4v) is 4.17. The van der Waals surface area contributed by atoms with Gasteiger partial charge >= 0.3 is 7.62 Å². The minimum atomic E-state index is -0.319. The molecule has 4 aromatic rings. The SMILES string of the molecule is COBN1CCN(c2ccncc2NC(=O)c2ccnc(-c3ccc(Oc4ccccc4)cc3)n2)CC1. The summed E-state index contributed by atoms with van der Waals surface area (Å²) in [5.74, 6) is 1.60. The second-order valence-electron chi connectivity index (χ2n) is 8.57. The molecule has 1 aliphatic heterocycles. The van der Waals surface area contributed by atoms with Crippen molar-refractivity contribution in [3.8, 4) is 22.9 Å². The summed E-state index contributed by atoms with van der Waals surface area (Å²) in [5.41, 5.74) is 2.64. The van der Waals surface area contributed by atoms with Crippen LogP contribution in [0.2, 0.25) is 0 Å². The van der Waals surface area contributed by atoms with E-state index in [1.165, 1.54) is 0 Å². The van der Waals surface area contributed by atoms with Gasteiger partial charge < -0.3 is 24.4 Å². The van der Waals surface area contributed by atoms with Gasteiger partial charge in [0, 0.05) is 51.2 Å². The Kier molecular flexibility index (Phi) is 7.68. The number of nitrogens with zero attached hydrogens (tertiary/aromatic N) is 5. The number of para-hydroxylation sites is 1. The number of carbonyl (C=O) groups excluding carboxylic acids is 1. The van der Waals surface area contributed by atoms with Gasteiger partial charge in [0.1, 0.15) is 17.2 Å². The summed E-state index contributed by atoms with van der Waals surface area (Å²) >= 11 is 0. The Morgan fingerprint density at radius 1 is 0.919 bits per heavy atom. The van der Waals surface area contributed by atoms with E-state index in [1.54, 1.807) is 31.8 Å². The van der Waals surface area contributed by atoms with Crippen molar-refractivity contribution in [3.63, 3.8) is 0 Å². The molecule has 1 N–H and O–H groups in total. The van der Waals surface area contributed by atoms with Crippen molar-refractivity contribution in [2.45, 2.75) is 0 Å². The van der Waals surface area contributed by atoms with Crippen LogP contribution in [0.15, 0.2) is 85.3 Å². The number of carbonyl (C=O) groups is 1. The average molecular weight is 494 g/mol. The molecule has 9 nitrogen and oxygen atoms in total. The number of anilines is 2. The summed E-state index contributed by atoms with van der Waals surface area (Å²) in [4.78, 5) is 30.7. The van der Waals surface area contributed by atoms with Crippen molar-refractivity contribution in [1.82, 2.24) is 19.8 Å². The van der Waals surface area contributed by atoms with E-state index >= 15 is 0 Å². The highest BCUT2D eigenvalue weighted by molar-refractivity contribution is 6.23. The van der Waals surface area contributed by atoms with E-state index < -0.39 is 0 Å². The second-order valence-corrected chi connectivity index (χ2v) is 8.57. The first-order valence-electron chi connectivity index (χ1n) is 12.1. The van der Waals surface area contributed by atoms with E-state index in [9.17, 15) is 4.79 Å². The smallest absolute Gasteiger partial charge is 0.363 e. The number of hydrogen-bond donors (Lipinski definition) is 1. The van der Waals surface area contributed by atoms with Crippen molar-refractivity contribution in [2.24, 2.45) is 0 Å². The lowest BCUT2D eigenvalue weighted by atomic mass is 10.1. The Balaban J connectivity index is 1.27. The van der Waals surface area contributed by atoms with Crippen LogP contribution in [0.25, 0.3) is 11.4 Å². The Bertz CT molecular complexity index is 1330. The van der Waals surface area contributed by atoms with E-state index in [2.05, 4.69) is 30.0 Å². The number of amides is 1. The van der Waals surface area contributed by atoms with Crippen LogP contribution >= 0.6 is 0 Å². The standard InChI is InChI=1S/C27H27BN6O3/c1-36-28-34-17-15-33(16-18-34)25-12-13-29-19-24(25)32-27(35)23-11-14-30-26(31-23)20-7-9-22(10-8-20)37-21-5-3-2-4-6-21/h2-14,19,28H,15-18H2,1H3,(H,32,35). The summed E-state index contributed by atoms with van der Waals surface area (Å²) in [5, 5.41) is 2.98. The predicted octanol–water partition coefficient (Wildman–Crippen LogP) is 3.62. The highest BCUT2D eigenvalue weighted by atomic mass is 16.5. The normalized spacial score (nSPS) is 13.7. The minimum Gasteiger partial charge on any atom is -0.457 e. The zero-order chi connectivity index (χ0) is 25.5. The summed E-state index contributed by atoms with van der Waals surface area (Å²) in [6.07, 6.45) is 4.99. The van der Waals surface area contributed by atoms with E-state index in [1.807, 2.05) is 60.7 Å². The third-order valence-electron chi connectivity index (χ3n) is 6.05. The van der Waals surface area contributed by atoms with Gasteiger partial charge in [0.05, 0.1) is 17.6 Å². The fraction of sp³-hybridized carbons (Fsp3) is 0.185. The van der Waals surface area contributed by atoms with Crippen LogP contribution in [0.4, 0.5) is 11.4 Å². The Morgan fingerprint density at radius 2 is 1.68 bits per heavy atom. The molecule has 0 bridgehead atoms. The van der Waals surface area contributed by atoms with Gasteiger partial charge in [0.2, 0.25) is 0 Å². The number of aromatic nitrogens is 3. The van der Waals surface area contributed by atoms with Gasteiger partial charge in [-0.05, 0) is 48.5 Å². The predicted molar refractivity (Wildman–Crippen MR) is 144 cm³/mol. The van der Waals surface area contributed by atoms with Gasteiger partial charge in [-0.1, -0.05) is 18.2 Å². The van der Waals surface area contributed by atoms with E-state index in [4.69, 9.17) is 9.39 Å². The molecule has 10 heteroatoms. The number of pyridine rings is 1. The lowest BCUT2D eigenvalue weighted by molar-refractivity contribution is 0.102. The van der Waals surface area contributed by atoms with Crippen molar-refractivity contribution >= 4 is 24.9 Å². The number of hydrogen-bond acceptors (Lipinski definition) is 8. The molecule has 2 aromatic carbocycles. The zero-order valence-electron chi connectivity index (χ0n) is 20.6. The maximum Gasteiger partial charge on any atom is 0.363 e. The van der Waals surface area contributed by atoms with E-state index in [-0.39, 0.29) is 11.6 Å². The molecule has 186 valence electrons. The van der Waals surface area contributed by atoms with Crippen LogP contribution < -0.4 is 15.0 Å². The number of nitrogens with one attached hydrogen (secondary N) is 1. The Hall–Kier alpha value is -4.28. The molecule has 1 aliphatic rings. The van der Waals surface area contributed by atoms with Crippen LogP contribution in [0, 0.1) is 0 Å². The molecule has 0 aliphatic carbocycles. The Morgan fingerprint density at radius 3 is 2.43 bits per heavy atom. The monoisotopic (exact) mass is 494 g/mol. The quantitative estimate of drug-likeness (QED) is 0.372. The summed E-state index contributed by atoms with van der Waals surface area (Å²) in [6.45, 7) is 3.43. The van der Waals surface area contributed by atoms with Crippen LogP contribution in [0.5, 0.6) is 11.5 Å². The maximum absolute atomic E-state index is 13.1. The van der Waals surface area contributed by atoms with E-state index in [0.29, 0.717) is 24.9 Å². The highest BCUT2D eigenvalue weighted by Crippen LogP contribution is 2.27. The highest BCUT2D eigenvalue weighted by Gasteiger charge is 2.21. The molecule has 2 aromatic heterocycles. The first-order chi connectivity index (χ1) is 18.2. The molecule has 5 rings (SSSR count). The molecule has 0 unspecified atom stereocenters. The first kappa shape index (κ1) is 24.4. The van der Waals surface area contributed by atoms with Crippen LogP contribution in [-0.4, -0.2) is 66.6 Å². The van der Waals surface area contributed by atoms with Crippen LogP contribution in [0.3, 0.4) is 0 Å². The third kappa shape index (κ3) is 6.11. The molecule has 0 radical (unpaired) electrons. The van der Waals surface area contributed by atoms with Crippen molar-refractivity contribution in [1.29, 1.82) is 0 Å². The lowest BCUT2D eigenvalue weighted by Gasteiger charge is -2.36. The van der Waals surface area contributed by atoms with Gasteiger partial charge in [-0.25, -0.2) is 9.97 Å². The second kappa shape index (κ2) is 11.6.